The van der Waals surface area contributed by atoms with E-state index in [0.717, 1.165) is 5.69 Å². The highest BCUT2D eigenvalue weighted by Crippen LogP contribution is 2.15. The maximum atomic E-state index is 10.8. The summed E-state index contributed by atoms with van der Waals surface area (Å²) >= 11 is 0. The highest BCUT2D eigenvalue weighted by molar-refractivity contribution is 5.69. The normalized spacial score (nSPS) is 12.6. The van der Waals surface area contributed by atoms with Crippen LogP contribution in [0.15, 0.2) is 6.07 Å². The van der Waals surface area contributed by atoms with Gasteiger partial charge in [-0.25, -0.2) is 4.68 Å². The Kier molecular flexibility index (Phi) is 3.09. The van der Waals surface area contributed by atoms with Crippen LogP contribution in [-0.4, -0.2) is 41.1 Å². The number of hydrogen-bond donors (Lipinski definition) is 1. The fourth-order valence-electron chi connectivity index (χ4n) is 1.52. The SMILES string of the molecule is Cc1cc(-c2nnnn2CC(C)C(=O)O)nn1C. The van der Waals surface area contributed by atoms with Gasteiger partial charge in [0.25, 0.3) is 0 Å². The van der Waals surface area contributed by atoms with Crippen molar-refractivity contribution in [1.29, 1.82) is 0 Å². The molecule has 0 amide bonds. The Morgan fingerprint density at radius 3 is 2.83 bits per heavy atom. The Balaban J connectivity index is 2.30. The van der Waals surface area contributed by atoms with Crippen molar-refractivity contribution in [3.63, 3.8) is 0 Å². The van der Waals surface area contributed by atoms with Crippen LogP contribution in [0.4, 0.5) is 0 Å². The molecule has 2 aromatic heterocycles. The first-order valence-corrected chi connectivity index (χ1v) is 5.49. The lowest BCUT2D eigenvalue weighted by atomic mass is 10.2. The Morgan fingerprint density at radius 1 is 1.56 bits per heavy atom. The maximum absolute atomic E-state index is 10.8. The molecule has 2 aromatic rings. The lowest BCUT2D eigenvalue weighted by Gasteiger charge is -2.06. The standard InChI is InChI=1S/C10H14N6O2/c1-6(10(17)18)5-16-9(11-13-14-16)8-4-7(2)15(3)12-8/h4,6H,5H2,1-3H3,(H,17,18). The van der Waals surface area contributed by atoms with E-state index < -0.39 is 11.9 Å². The van der Waals surface area contributed by atoms with Crippen LogP contribution in [-0.2, 0) is 18.4 Å². The average Bonchev–Trinajstić information content (AvgIpc) is 2.86. The molecule has 18 heavy (non-hydrogen) atoms. The molecule has 0 saturated carbocycles. The molecule has 0 radical (unpaired) electrons. The van der Waals surface area contributed by atoms with Crippen LogP contribution in [0.1, 0.15) is 12.6 Å². The van der Waals surface area contributed by atoms with E-state index >= 15 is 0 Å². The van der Waals surface area contributed by atoms with Gasteiger partial charge in [0.1, 0.15) is 5.69 Å². The zero-order valence-corrected chi connectivity index (χ0v) is 10.4. The number of nitrogens with zero attached hydrogens (tertiary/aromatic N) is 6. The number of aryl methyl sites for hydroxylation is 2. The number of carboxylic acid groups (broad SMARTS) is 1. The highest BCUT2D eigenvalue weighted by Gasteiger charge is 2.18. The number of tetrazole rings is 1. The molecule has 0 aliphatic carbocycles. The summed E-state index contributed by atoms with van der Waals surface area (Å²) in [6.07, 6.45) is 0. The van der Waals surface area contributed by atoms with Crippen molar-refractivity contribution >= 4 is 5.97 Å². The molecule has 1 N–H and O–H groups in total. The molecule has 1 unspecified atom stereocenters. The van der Waals surface area contributed by atoms with Crippen LogP contribution in [0.3, 0.4) is 0 Å². The van der Waals surface area contributed by atoms with Gasteiger partial charge in [-0.1, -0.05) is 6.92 Å². The second-order valence-corrected chi connectivity index (χ2v) is 4.22. The molecule has 0 fully saturated rings. The van der Waals surface area contributed by atoms with E-state index in [-0.39, 0.29) is 6.54 Å². The summed E-state index contributed by atoms with van der Waals surface area (Å²) in [6.45, 7) is 3.75. The van der Waals surface area contributed by atoms with Gasteiger partial charge in [-0.2, -0.15) is 5.10 Å². The third-order valence-corrected chi connectivity index (χ3v) is 2.74. The van der Waals surface area contributed by atoms with E-state index in [2.05, 4.69) is 20.6 Å². The number of rotatable bonds is 4. The first-order chi connectivity index (χ1) is 8.49. The van der Waals surface area contributed by atoms with Crippen LogP contribution < -0.4 is 0 Å². The van der Waals surface area contributed by atoms with Gasteiger partial charge in [0, 0.05) is 12.7 Å². The molecule has 96 valence electrons. The van der Waals surface area contributed by atoms with E-state index in [1.54, 1.807) is 11.6 Å². The minimum atomic E-state index is -0.881. The maximum Gasteiger partial charge on any atom is 0.308 e. The number of hydrogen-bond acceptors (Lipinski definition) is 5. The molecule has 8 heteroatoms. The number of carboxylic acids is 1. The van der Waals surface area contributed by atoms with E-state index in [9.17, 15) is 4.79 Å². The van der Waals surface area contributed by atoms with Crippen molar-refractivity contribution in [3.05, 3.63) is 11.8 Å². The molecule has 8 nitrogen and oxygen atoms in total. The second-order valence-electron chi connectivity index (χ2n) is 4.22. The monoisotopic (exact) mass is 250 g/mol. The fourth-order valence-corrected chi connectivity index (χ4v) is 1.52. The summed E-state index contributed by atoms with van der Waals surface area (Å²) in [5, 5.41) is 24.4. The number of aliphatic carboxylic acids is 1. The minimum Gasteiger partial charge on any atom is -0.481 e. The van der Waals surface area contributed by atoms with Gasteiger partial charge in [0.15, 0.2) is 0 Å². The fraction of sp³-hybridized carbons (Fsp3) is 0.500. The molecule has 0 saturated heterocycles. The van der Waals surface area contributed by atoms with E-state index in [4.69, 9.17) is 5.11 Å². The van der Waals surface area contributed by atoms with Gasteiger partial charge in [0.05, 0.1) is 12.5 Å². The lowest BCUT2D eigenvalue weighted by Crippen LogP contribution is -2.18. The van der Waals surface area contributed by atoms with Crippen LogP contribution in [0.5, 0.6) is 0 Å². The molecule has 1 atom stereocenters. The Labute approximate surface area is 103 Å². The molecule has 2 heterocycles. The molecule has 0 aliphatic heterocycles. The van der Waals surface area contributed by atoms with Gasteiger partial charge in [-0.05, 0) is 23.4 Å². The largest absolute Gasteiger partial charge is 0.481 e. The summed E-state index contributed by atoms with van der Waals surface area (Å²) in [5.41, 5.74) is 1.61. The summed E-state index contributed by atoms with van der Waals surface area (Å²) in [6, 6.07) is 1.85. The third-order valence-electron chi connectivity index (χ3n) is 2.74. The Bertz CT molecular complexity index is 553. The van der Waals surface area contributed by atoms with Crippen LogP contribution in [0.25, 0.3) is 11.5 Å². The van der Waals surface area contributed by atoms with E-state index in [1.165, 1.54) is 4.68 Å². The average molecular weight is 250 g/mol. The van der Waals surface area contributed by atoms with Gasteiger partial charge in [0.2, 0.25) is 5.82 Å². The molecule has 0 spiro atoms. The Hall–Kier alpha value is -2.25. The Morgan fingerprint density at radius 2 is 2.28 bits per heavy atom. The van der Waals surface area contributed by atoms with Gasteiger partial charge in [-0.3, -0.25) is 9.48 Å². The third kappa shape index (κ3) is 2.22. The zero-order valence-electron chi connectivity index (χ0n) is 10.4. The molecular formula is C10H14N6O2. The summed E-state index contributed by atoms with van der Waals surface area (Å²) < 4.78 is 3.18. The predicted molar refractivity (Wildman–Crippen MR) is 61.6 cm³/mol. The molecule has 2 rings (SSSR count). The molecular weight excluding hydrogens is 236 g/mol. The summed E-state index contributed by atoms with van der Waals surface area (Å²) in [7, 11) is 1.83. The van der Waals surface area contributed by atoms with Gasteiger partial charge < -0.3 is 5.11 Å². The van der Waals surface area contributed by atoms with Crippen LogP contribution in [0, 0.1) is 12.8 Å². The van der Waals surface area contributed by atoms with E-state index in [1.807, 2.05) is 20.0 Å². The lowest BCUT2D eigenvalue weighted by molar-refractivity contribution is -0.141. The van der Waals surface area contributed by atoms with E-state index in [0.29, 0.717) is 11.5 Å². The minimum absolute atomic E-state index is 0.216. The topological polar surface area (TPSA) is 98.7 Å². The van der Waals surface area contributed by atoms with Crippen molar-refractivity contribution in [2.24, 2.45) is 13.0 Å². The van der Waals surface area contributed by atoms with Crippen molar-refractivity contribution in [1.82, 2.24) is 30.0 Å². The zero-order chi connectivity index (χ0) is 13.3. The number of carbonyl (C=O) groups is 1. The van der Waals surface area contributed by atoms with Crippen molar-refractivity contribution in [3.8, 4) is 11.5 Å². The van der Waals surface area contributed by atoms with Crippen molar-refractivity contribution in [2.45, 2.75) is 20.4 Å². The summed E-state index contributed by atoms with van der Waals surface area (Å²) in [4.78, 5) is 10.8. The van der Waals surface area contributed by atoms with Crippen LogP contribution in [0.2, 0.25) is 0 Å². The summed E-state index contributed by atoms with van der Waals surface area (Å²) in [5.74, 6) is -0.961. The molecule has 0 bridgehead atoms. The molecule has 0 aromatic carbocycles. The van der Waals surface area contributed by atoms with Crippen molar-refractivity contribution in [2.75, 3.05) is 0 Å². The quantitative estimate of drug-likeness (QED) is 0.826. The van der Waals surface area contributed by atoms with Crippen molar-refractivity contribution < 1.29 is 9.90 Å². The predicted octanol–water partition coefficient (Wildman–Crippen LogP) is 0.103. The van der Waals surface area contributed by atoms with Gasteiger partial charge >= 0.3 is 5.97 Å². The van der Waals surface area contributed by atoms with Gasteiger partial charge in [-0.15, -0.1) is 5.10 Å². The smallest absolute Gasteiger partial charge is 0.308 e. The first-order valence-electron chi connectivity index (χ1n) is 5.49. The number of aromatic nitrogens is 6. The second kappa shape index (κ2) is 4.55. The molecule has 0 aliphatic rings. The first kappa shape index (κ1) is 12.2. The van der Waals surface area contributed by atoms with Crippen LogP contribution >= 0.6 is 0 Å². The highest BCUT2D eigenvalue weighted by atomic mass is 16.4.